The van der Waals surface area contributed by atoms with E-state index >= 15 is 0 Å². The van der Waals surface area contributed by atoms with E-state index in [9.17, 15) is 4.79 Å². The minimum absolute atomic E-state index is 0.107. The zero-order valence-corrected chi connectivity index (χ0v) is 17.3. The quantitative estimate of drug-likeness (QED) is 0.767. The predicted octanol–water partition coefficient (Wildman–Crippen LogP) is 3.51. The summed E-state index contributed by atoms with van der Waals surface area (Å²) >= 11 is 0. The monoisotopic (exact) mass is 398 g/mol. The van der Waals surface area contributed by atoms with Gasteiger partial charge in [0.05, 0.1) is 5.60 Å². The van der Waals surface area contributed by atoms with Gasteiger partial charge < -0.3 is 14.2 Å². The second kappa shape index (κ2) is 8.61. The first-order chi connectivity index (χ1) is 14.0. The van der Waals surface area contributed by atoms with Gasteiger partial charge in [0.15, 0.2) is 0 Å². The molecular formula is C22H30N4O3. The number of hydrogen-bond donors (Lipinski definition) is 0. The Bertz CT molecular complexity index is 812. The van der Waals surface area contributed by atoms with E-state index in [0.717, 1.165) is 57.4 Å². The minimum Gasteiger partial charge on any atom is -0.375 e. The van der Waals surface area contributed by atoms with Crippen LogP contribution in [0.4, 0.5) is 0 Å². The van der Waals surface area contributed by atoms with Crippen molar-refractivity contribution in [3.63, 3.8) is 0 Å². The van der Waals surface area contributed by atoms with Crippen LogP contribution in [0, 0.1) is 11.8 Å². The number of likely N-dealkylation sites (tertiary alicyclic amines) is 1. The normalized spacial score (nSPS) is 21.6. The van der Waals surface area contributed by atoms with Crippen LogP contribution in [0.15, 0.2) is 29.0 Å². The van der Waals surface area contributed by atoms with Gasteiger partial charge in [-0.25, -0.2) is 0 Å². The van der Waals surface area contributed by atoms with E-state index in [1.807, 2.05) is 17.0 Å². The largest absolute Gasteiger partial charge is 0.375 e. The van der Waals surface area contributed by atoms with Crippen molar-refractivity contribution in [3.05, 3.63) is 30.4 Å². The van der Waals surface area contributed by atoms with Crippen molar-refractivity contribution in [3.8, 4) is 11.4 Å². The number of ether oxygens (including phenoxy) is 1. The van der Waals surface area contributed by atoms with Crippen LogP contribution in [-0.2, 0) is 16.0 Å². The van der Waals surface area contributed by atoms with E-state index in [1.54, 1.807) is 12.4 Å². The minimum atomic E-state index is -0.107. The number of carbonyl (C=O) groups excluding carboxylic acids is 1. The Balaban J connectivity index is 1.34. The second-order valence-electron chi connectivity index (χ2n) is 8.83. The predicted molar refractivity (Wildman–Crippen MR) is 108 cm³/mol. The molecule has 29 heavy (non-hydrogen) atoms. The number of pyridine rings is 1. The molecule has 156 valence electrons. The Morgan fingerprint density at radius 2 is 2.17 bits per heavy atom. The first-order valence-corrected chi connectivity index (χ1v) is 10.7. The molecule has 7 nitrogen and oxygen atoms in total. The van der Waals surface area contributed by atoms with Crippen LogP contribution in [0.25, 0.3) is 11.4 Å². The Labute approximate surface area is 171 Å². The fourth-order valence-corrected chi connectivity index (χ4v) is 4.49. The average molecular weight is 399 g/mol. The van der Waals surface area contributed by atoms with Crippen molar-refractivity contribution in [1.29, 1.82) is 0 Å². The smallest absolute Gasteiger partial charge is 0.227 e. The van der Waals surface area contributed by atoms with Crippen LogP contribution in [-0.4, -0.2) is 51.2 Å². The number of aromatic nitrogens is 3. The third-order valence-corrected chi connectivity index (χ3v) is 6.06. The molecule has 2 aliphatic rings. The third-order valence-electron chi connectivity index (χ3n) is 6.06. The molecule has 2 aromatic heterocycles. The highest BCUT2D eigenvalue weighted by Gasteiger charge is 2.41. The van der Waals surface area contributed by atoms with Crippen molar-refractivity contribution < 1.29 is 14.1 Å². The van der Waals surface area contributed by atoms with Gasteiger partial charge in [0.25, 0.3) is 0 Å². The summed E-state index contributed by atoms with van der Waals surface area (Å²) in [7, 11) is 0. The lowest BCUT2D eigenvalue weighted by molar-refractivity contribution is -0.147. The van der Waals surface area contributed by atoms with Gasteiger partial charge in [-0.2, -0.15) is 4.98 Å². The van der Waals surface area contributed by atoms with E-state index < -0.39 is 0 Å². The fraction of sp³-hybridized carbons (Fsp3) is 0.636. The summed E-state index contributed by atoms with van der Waals surface area (Å²) in [6, 6.07) is 3.80. The third kappa shape index (κ3) is 4.83. The van der Waals surface area contributed by atoms with Crippen molar-refractivity contribution in [2.24, 2.45) is 11.8 Å². The molecule has 4 rings (SSSR count). The summed E-state index contributed by atoms with van der Waals surface area (Å²) in [5.41, 5.74) is 0.758. The zero-order valence-electron chi connectivity index (χ0n) is 17.3. The number of nitrogens with zero attached hydrogens (tertiary/aromatic N) is 4. The molecular weight excluding hydrogens is 368 g/mol. The lowest BCUT2D eigenvalue weighted by Gasteiger charge is -2.46. The molecule has 0 aliphatic carbocycles. The molecule has 1 amide bonds. The fourth-order valence-electron chi connectivity index (χ4n) is 4.49. The molecule has 0 bridgehead atoms. The van der Waals surface area contributed by atoms with Gasteiger partial charge in [0.2, 0.25) is 17.6 Å². The van der Waals surface area contributed by atoms with Crippen molar-refractivity contribution in [1.82, 2.24) is 20.0 Å². The van der Waals surface area contributed by atoms with Crippen LogP contribution in [0.3, 0.4) is 0 Å². The summed E-state index contributed by atoms with van der Waals surface area (Å²) in [6.45, 7) is 6.53. The highest BCUT2D eigenvalue weighted by Crippen LogP contribution is 2.39. The van der Waals surface area contributed by atoms with E-state index in [0.29, 0.717) is 30.0 Å². The number of hydrogen-bond acceptors (Lipinski definition) is 6. The van der Waals surface area contributed by atoms with Gasteiger partial charge >= 0.3 is 0 Å². The summed E-state index contributed by atoms with van der Waals surface area (Å²) in [4.78, 5) is 23.0. The van der Waals surface area contributed by atoms with Gasteiger partial charge in [0, 0.05) is 50.5 Å². The van der Waals surface area contributed by atoms with Crippen LogP contribution in [0.5, 0.6) is 0 Å². The molecule has 1 atom stereocenters. The van der Waals surface area contributed by atoms with Crippen molar-refractivity contribution >= 4 is 5.91 Å². The maximum absolute atomic E-state index is 12.4. The lowest BCUT2D eigenvalue weighted by Crippen LogP contribution is -2.51. The molecule has 1 unspecified atom stereocenters. The molecule has 7 heteroatoms. The molecule has 2 fully saturated rings. The van der Waals surface area contributed by atoms with Crippen molar-refractivity contribution in [2.75, 3.05) is 19.7 Å². The lowest BCUT2D eigenvalue weighted by atomic mass is 9.78. The number of carbonyl (C=O) groups is 1. The molecule has 2 aromatic rings. The average Bonchev–Trinajstić information content (AvgIpc) is 3.17. The topological polar surface area (TPSA) is 81.4 Å². The summed E-state index contributed by atoms with van der Waals surface area (Å²) in [6.07, 6.45) is 8.70. The Kier molecular flexibility index (Phi) is 5.94. The van der Waals surface area contributed by atoms with Gasteiger partial charge in [-0.15, -0.1) is 0 Å². The Morgan fingerprint density at radius 3 is 2.90 bits per heavy atom. The van der Waals surface area contributed by atoms with Crippen molar-refractivity contribution in [2.45, 2.75) is 58.0 Å². The van der Waals surface area contributed by atoms with Crippen LogP contribution in [0.1, 0.15) is 51.8 Å². The molecule has 0 radical (unpaired) electrons. The molecule has 2 aliphatic heterocycles. The van der Waals surface area contributed by atoms with E-state index in [4.69, 9.17) is 9.26 Å². The van der Waals surface area contributed by atoms with Gasteiger partial charge in [-0.05, 0) is 49.7 Å². The van der Waals surface area contributed by atoms with E-state index in [-0.39, 0.29) is 11.5 Å². The first kappa shape index (κ1) is 20.0. The second-order valence-corrected chi connectivity index (χ2v) is 8.83. The molecule has 4 heterocycles. The maximum atomic E-state index is 12.4. The van der Waals surface area contributed by atoms with Gasteiger partial charge in [-0.3, -0.25) is 9.78 Å². The first-order valence-electron chi connectivity index (χ1n) is 10.7. The SMILES string of the molecule is CC(C)CC(=O)N1CCC2(CC1)CC(Cc1nc(-c3cccnc3)no1)CCO2. The van der Waals surface area contributed by atoms with Crippen LogP contribution >= 0.6 is 0 Å². The summed E-state index contributed by atoms with van der Waals surface area (Å²) in [5, 5.41) is 4.11. The molecule has 0 aromatic carbocycles. The Hall–Kier alpha value is -2.28. The highest BCUT2D eigenvalue weighted by atomic mass is 16.5. The Morgan fingerprint density at radius 1 is 1.34 bits per heavy atom. The summed E-state index contributed by atoms with van der Waals surface area (Å²) in [5.74, 6) is 2.40. The standard InChI is InChI=1S/C22H30N4O3/c1-16(2)12-20(27)26-9-6-22(7-10-26)14-17(5-11-28-22)13-19-24-21(25-29-19)18-4-3-8-23-15-18/h3-4,8,15-17H,5-7,9-14H2,1-2H3. The van der Waals surface area contributed by atoms with E-state index in [1.165, 1.54) is 0 Å². The maximum Gasteiger partial charge on any atom is 0.227 e. The zero-order chi connectivity index (χ0) is 20.3. The molecule has 1 spiro atoms. The number of piperidine rings is 1. The number of amides is 1. The highest BCUT2D eigenvalue weighted by molar-refractivity contribution is 5.76. The molecule has 0 saturated carbocycles. The summed E-state index contributed by atoms with van der Waals surface area (Å²) < 4.78 is 11.7. The number of rotatable bonds is 5. The molecule has 2 saturated heterocycles. The van der Waals surface area contributed by atoms with Gasteiger partial charge in [-0.1, -0.05) is 19.0 Å². The van der Waals surface area contributed by atoms with Crippen LogP contribution < -0.4 is 0 Å². The van der Waals surface area contributed by atoms with E-state index in [2.05, 4.69) is 29.0 Å². The van der Waals surface area contributed by atoms with Gasteiger partial charge in [0.1, 0.15) is 0 Å². The molecule has 0 N–H and O–H groups in total. The van der Waals surface area contributed by atoms with Crippen LogP contribution in [0.2, 0.25) is 0 Å².